The van der Waals surface area contributed by atoms with E-state index in [9.17, 15) is 9.90 Å². The fourth-order valence-electron chi connectivity index (χ4n) is 2.72. The minimum absolute atomic E-state index is 0.232. The number of carbonyl (C=O) groups is 1. The van der Waals surface area contributed by atoms with Gasteiger partial charge in [0.2, 0.25) is 0 Å². The van der Waals surface area contributed by atoms with Crippen molar-refractivity contribution in [1.29, 1.82) is 0 Å². The lowest BCUT2D eigenvalue weighted by molar-refractivity contribution is 0.0696. The Morgan fingerprint density at radius 2 is 2.10 bits per heavy atom. The minimum atomic E-state index is -0.877. The van der Waals surface area contributed by atoms with Crippen LogP contribution in [0.4, 0.5) is 5.82 Å². The Hall–Kier alpha value is -1.58. The van der Waals surface area contributed by atoms with E-state index in [1.807, 2.05) is 13.8 Å². The van der Waals surface area contributed by atoms with E-state index in [4.69, 9.17) is 4.98 Å². The summed E-state index contributed by atoms with van der Waals surface area (Å²) in [6.07, 6.45) is 4.79. The number of aromatic nitrogens is 1. The van der Waals surface area contributed by atoms with Crippen molar-refractivity contribution in [3.8, 4) is 0 Å². The van der Waals surface area contributed by atoms with Gasteiger partial charge in [-0.3, -0.25) is 0 Å². The van der Waals surface area contributed by atoms with Crippen molar-refractivity contribution in [2.75, 3.05) is 11.4 Å². The summed E-state index contributed by atoms with van der Waals surface area (Å²) in [6.45, 7) is 7.26. The van der Waals surface area contributed by atoms with Crippen LogP contribution in [0.15, 0.2) is 12.1 Å². The summed E-state index contributed by atoms with van der Waals surface area (Å²) in [7, 11) is 0. The Balaban J connectivity index is 2.40. The van der Waals surface area contributed by atoms with Gasteiger partial charge in [0, 0.05) is 18.3 Å². The first-order valence-corrected chi connectivity index (χ1v) is 7.51. The molecule has 1 unspecified atom stereocenters. The smallest absolute Gasteiger partial charge is 0.335 e. The molecule has 1 fully saturated rings. The molecular weight excluding hydrogens is 252 g/mol. The lowest BCUT2D eigenvalue weighted by atomic mass is 10.1. The molecule has 1 atom stereocenters. The maximum atomic E-state index is 11.3. The van der Waals surface area contributed by atoms with Crippen molar-refractivity contribution in [2.24, 2.45) is 0 Å². The summed E-state index contributed by atoms with van der Waals surface area (Å²) in [5.41, 5.74) is 1.20. The molecule has 0 aliphatic carbocycles. The molecule has 0 amide bonds. The molecule has 0 radical (unpaired) electrons. The van der Waals surface area contributed by atoms with Crippen LogP contribution in [0.25, 0.3) is 0 Å². The van der Waals surface area contributed by atoms with Crippen LogP contribution in [0.3, 0.4) is 0 Å². The number of rotatable bonds is 3. The quantitative estimate of drug-likeness (QED) is 0.915. The molecule has 110 valence electrons. The largest absolute Gasteiger partial charge is 0.478 e. The molecule has 0 spiro atoms. The fourth-order valence-corrected chi connectivity index (χ4v) is 2.72. The van der Waals surface area contributed by atoms with Gasteiger partial charge in [-0.25, -0.2) is 9.78 Å². The molecule has 4 nitrogen and oxygen atoms in total. The van der Waals surface area contributed by atoms with E-state index in [1.54, 1.807) is 12.1 Å². The van der Waals surface area contributed by atoms with Gasteiger partial charge in [0.25, 0.3) is 0 Å². The molecule has 20 heavy (non-hydrogen) atoms. The van der Waals surface area contributed by atoms with Crippen molar-refractivity contribution in [3.05, 3.63) is 23.4 Å². The number of nitrogens with zero attached hydrogens (tertiary/aromatic N) is 2. The van der Waals surface area contributed by atoms with E-state index in [1.165, 1.54) is 12.8 Å². The van der Waals surface area contributed by atoms with Crippen LogP contribution in [0.5, 0.6) is 0 Å². The Bertz CT molecular complexity index is 485. The van der Waals surface area contributed by atoms with Crippen LogP contribution in [0.2, 0.25) is 0 Å². The third-order valence-corrected chi connectivity index (χ3v) is 4.02. The SMILES string of the molecule is CC(C)c1cc(C(=O)O)cc(N2CCCCCC2C)n1. The van der Waals surface area contributed by atoms with Gasteiger partial charge >= 0.3 is 5.97 Å². The summed E-state index contributed by atoms with van der Waals surface area (Å²) in [5, 5.41) is 9.29. The zero-order valence-corrected chi connectivity index (χ0v) is 12.6. The van der Waals surface area contributed by atoms with E-state index >= 15 is 0 Å². The lowest BCUT2D eigenvalue weighted by Gasteiger charge is -2.29. The molecule has 1 aliphatic heterocycles. The maximum absolute atomic E-state index is 11.3. The third kappa shape index (κ3) is 3.30. The topological polar surface area (TPSA) is 53.4 Å². The summed E-state index contributed by atoms with van der Waals surface area (Å²) in [6, 6.07) is 3.84. The average molecular weight is 276 g/mol. The summed E-state index contributed by atoms with van der Waals surface area (Å²) in [5.74, 6) is 0.177. The van der Waals surface area contributed by atoms with Crippen molar-refractivity contribution >= 4 is 11.8 Å². The predicted molar refractivity (Wildman–Crippen MR) is 80.6 cm³/mol. The highest BCUT2D eigenvalue weighted by atomic mass is 16.4. The highest BCUT2D eigenvalue weighted by Gasteiger charge is 2.21. The van der Waals surface area contributed by atoms with Crippen LogP contribution < -0.4 is 4.90 Å². The van der Waals surface area contributed by atoms with Crippen LogP contribution in [0, 0.1) is 0 Å². The molecule has 1 aromatic heterocycles. The van der Waals surface area contributed by atoms with Crippen molar-refractivity contribution in [2.45, 2.75) is 58.4 Å². The zero-order valence-electron chi connectivity index (χ0n) is 12.6. The molecule has 1 saturated heterocycles. The monoisotopic (exact) mass is 276 g/mol. The number of hydrogen-bond acceptors (Lipinski definition) is 3. The molecule has 1 N–H and O–H groups in total. The summed E-state index contributed by atoms with van der Waals surface area (Å²) >= 11 is 0. The van der Waals surface area contributed by atoms with Crippen molar-refractivity contribution in [1.82, 2.24) is 4.98 Å². The zero-order chi connectivity index (χ0) is 14.7. The molecule has 0 bridgehead atoms. The fraction of sp³-hybridized carbons (Fsp3) is 0.625. The highest BCUT2D eigenvalue weighted by molar-refractivity contribution is 5.88. The number of carboxylic acids is 1. The Morgan fingerprint density at radius 3 is 2.75 bits per heavy atom. The number of anilines is 1. The summed E-state index contributed by atoms with van der Waals surface area (Å²) in [4.78, 5) is 18.3. The van der Waals surface area contributed by atoms with Crippen molar-refractivity contribution < 1.29 is 9.90 Å². The standard InChI is InChI=1S/C16H24N2O2/c1-11(2)14-9-13(16(19)20)10-15(17-14)18-8-6-4-5-7-12(18)3/h9-12H,4-8H2,1-3H3,(H,19,20). The van der Waals surface area contributed by atoms with Gasteiger partial charge in [-0.1, -0.05) is 26.7 Å². The Kier molecular flexibility index (Phi) is 4.63. The van der Waals surface area contributed by atoms with E-state index in [2.05, 4.69) is 11.8 Å². The normalized spacial score (nSPS) is 20.0. The molecular formula is C16H24N2O2. The van der Waals surface area contributed by atoms with Gasteiger partial charge in [-0.05, 0) is 37.8 Å². The van der Waals surface area contributed by atoms with Crippen LogP contribution in [-0.4, -0.2) is 28.6 Å². The number of pyridine rings is 1. The maximum Gasteiger partial charge on any atom is 0.335 e. The van der Waals surface area contributed by atoms with E-state index < -0.39 is 5.97 Å². The molecule has 4 heteroatoms. The highest BCUT2D eigenvalue weighted by Crippen LogP contribution is 2.25. The Morgan fingerprint density at radius 1 is 1.35 bits per heavy atom. The number of aromatic carboxylic acids is 1. The molecule has 1 aliphatic rings. The second-order valence-electron chi connectivity index (χ2n) is 5.99. The molecule has 2 heterocycles. The van der Waals surface area contributed by atoms with Gasteiger partial charge < -0.3 is 10.0 Å². The van der Waals surface area contributed by atoms with Crippen LogP contribution >= 0.6 is 0 Å². The number of hydrogen-bond donors (Lipinski definition) is 1. The average Bonchev–Trinajstić information content (AvgIpc) is 2.62. The third-order valence-electron chi connectivity index (χ3n) is 4.02. The van der Waals surface area contributed by atoms with Gasteiger partial charge in [0.05, 0.1) is 5.56 Å². The van der Waals surface area contributed by atoms with E-state index in [0.29, 0.717) is 11.6 Å². The molecule has 2 rings (SSSR count). The van der Waals surface area contributed by atoms with Gasteiger partial charge in [-0.15, -0.1) is 0 Å². The molecule has 1 aromatic rings. The molecule has 0 saturated carbocycles. The van der Waals surface area contributed by atoms with Crippen LogP contribution in [-0.2, 0) is 0 Å². The van der Waals surface area contributed by atoms with Crippen molar-refractivity contribution in [3.63, 3.8) is 0 Å². The first-order valence-electron chi connectivity index (χ1n) is 7.51. The number of carboxylic acid groups (broad SMARTS) is 1. The van der Waals surface area contributed by atoms with Gasteiger partial charge in [0.1, 0.15) is 5.82 Å². The minimum Gasteiger partial charge on any atom is -0.478 e. The second kappa shape index (κ2) is 6.25. The summed E-state index contributed by atoms with van der Waals surface area (Å²) < 4.78 is 0. The lowest BCUT2D eigenvalue weighted by Crippen LogP contribution is -2.33. The first-order chi connectivity index (χ1) is 9.49. The van der Waals surface area contributed by atoms with Gasteiger partial charge in [0.15, 0.2) is 0 Å². The van der Waals surface area contributed by atoms with E-state index in [0.717, 1.165) is 30.9 Å². The predicted octanol–water partition coefficient (Wildman–Crippen LogP) is 3.67. The van der Waals surface area contributed by atoms with E-state index in [-0.39, 0.29) is 5.92 Å². The Labute approximate surface area is 120 Å². The van der Waals surface area contributed by atoms with Gasteiger partial charge in [-0.2, -0.15) is 0 Å². The second-order valence-corrected chi connectivity index (χ2v) is 5.99. The first kappa shape index (κ1) is 14.8. The molecule has 0 aromatic carbocycles. The van der Waals surface area contributed by atoms with Crippen LogP contribution in [0.1, 0.15) is 68.4 Å².